The molecule has 0 fully saturated rings. The van der Waals surface area contributed by atoms with E-state index in [0.717, 1.165) is 31.0 Å². The molecule has 2 rings (SSSR count). The fourth-order valence-corrected chi connectivity index (χ4v) is 2.05. The van der Waals surface area contributed by atoms with Gasteiger partial charge in [-0.3, -0.25) is 10.1 Å². The predicted octanol–water partition coefficient (Wildman–Crippen LogP) is 2.17. The SMILES string of the molecule is CCCC(N)c1cn(Cc2cc(F)ccc2[N+](=O)[O-])nn1. The number of aromatic nitrogens is 3. The van der Waals surface area contributed by atoms with Crippen molar-refractivity contribution in [3.63, 3.8) is 0 Å². The van der Waals surface area contributed by atoms with E-state index in [2.05, 4.69) is 10.3 Å². The average Bonchev–Trinajstić information content (AvgIpc) is 2.87. The Kier molecular flexibility index (Phi) is 4.59. The van der Waals surface area contributed by atoms with Gasteiger partial charge in [0, 0.05) is 6.07 Å². The van der Waals surface area contributed by atoms with Crippen LogP contribution in [0.1, 0.15) is 37.1 Å². The van der Waals surface area contributed by atoms with Crippen molar-refractivity contribution in [1.82, 2.24) is 15.0 Å². The first-order valence-electron chi connectivity index (χ1n) is 6.59. The highest BCUT2D eigenvalue weighted by molar-refractivity contribution is 5.40. The molecule has 1 heterocycles. The Labute approximate surface area is 120 Å². The van der Waals surface area contributed by atoms with Crippen molar-refractivity contribution in [2.24, 2.45) is 5.73 Å². The fraction of sp³-hybridized carbons (Fsp3) is 0.385. The van der Waals surface area contributed by atoms with Crippen molar-refractivity contribution in [3.8, 4) is 0 Å². The zero-order chi connectivity index (χ0) is 15.4. The Balaban J connectivity index is 2.22. The molecule has 2 aromatic rings. The van der Waals surface area contributed by atoms with E-state index in [4.69, 9.17) is 5.73 Å². The van der Waals surface area contributed by atoms with Crippen molar-refractivity contribution >= 4 is 5.69 Å². The molecule has 1 unspecified atom stereocenters. The van der Waals surface area contributed by atoms with Crippen molar-refractivity contribution in [2.75, 3.05) is 0 Å². The van der Waals surface area contributed by atoms with Crippen LogP contribution in [0.2, 0.25) is 0 Å². The number of halogens is 1. The molecule has 1 aromatic carbocycles. The van der Waals surface area contributed by atoms with Crippen molar-refractivity contribution in [1.29, 1.82) is 0 Å². The summed E-state index contributed by atoms with van der Waals surface area (Å²) >= 11 is 0. The molecular formula is C13H16FN5O2. The standard InChI is InChI=1S/C13H16FN5O2/c1-2-3-11(15)12-8-18(17-16-12)7-9-6-10(14)4-5-13(9)19(20)21/h4-6,8,11H,2-3,7,15H2,1H3. The summed E-state index contributed by atoms with van der Waals surface area (Å²) in [5.41, 5.74) is 6.64. The van der Waals surface area contributed by atoms with E-state index in [1.54, 1.807) is 6.20 Å². The molecule has 0 saturated carbocycles. The summed E-state index contributed by atoms with van der Waals surface area (Å²) in [6, 6.07) is 3.12. The monoisotopic (exact) mass is 293 g/mol. The zero-order valence-electron chi connectivity index (χ0n) is 11.6. The van der Waals surface area contributed by atoms with Gasteiger partial charge >= 0.3 is 0 Å². The lowest BCUT2D eigenvalue weighted by Gasteiger charge is -2.05. The second-order valence-corrected chi connectivity index (χ2v) is 4.77. The summed E-state index contributed by atoms with van der Waals surface area (Å²) in [6.45, 7) is 2.08. The van der Waals surface area contributed by atoms with Gasteiger partial charge in [0.25, 0.3) is 5.69 Å². The van der Waals surface area contributed by atoms with Gasteiger partial charge in [-0.15, -0.1) is 5.10 Å². The molecule has 7 nitrogen and oxygen atoms in total. The topological polar surface area (TPSA) is 99.9 Å². The fourth-order valence-electron chi connectivity index (χ4n) is 2.05. The van der Waals surface area contributed by atoms with Crippen molar-refractivity contribution < 1.29 is 9.31 Å². The third kappa shape index (κ3) is 3.60. The maximum Gasteiger partial charge on any atom is 0.274 e. The molecule has 0 spiro atoms. The first kappa shape index (κ1) is 15.0. The van der Waals surface area contributed by atoms with E-state index in [1.165, 1.54) is 4.68 Å². The van der Waals surface area contributed by atoms with E-state index in [9.17, 15) is 14.5 Å². The summed E-state index contributed by atoms with van der Waals surface area (Å²) in [5.74, 6) is -0.529. The molecule has 0 bridgehead atoms. The number of benzene rings is 1. The number of nitro benzene ring substituents is 1. The van der Waals surface area contributed by atoms with Crippen molar-refractivity contribution in [2.45, 2.75) is 32.4 Å². The molecule has 1 aromatic heterocycles. The lowest BCUT2D eigenvalue weighted by Crippen LogP contribution is -2.10. The first-order valence-corrected chi connectivity index (χ1v) is 6.59. The molecule has 8 heteroatoms. The van der Waals surface area contributed by atoms with Gasteiger partial charge in [-0.1, -0.05) is 18.6 Å². The Bertz CT molecular complexity index is 643. The Morgan fingerprint density at radius 3 is 2.95 bits per heavy atom. The van der Waals surface area contributed by atoms with Gasteiger partial charge in [0.15, 0.2) is 0 Å². The number of nitrogens with two attached hydrogens (primary N) is 1. The molecule has 21 heavy (non-hydrogen) atoms. The van der Waals surface area contributed by atoms with Gasteiger partial charge < -0.3 is 5.73 Å². The van der Waals surface area contributed by atoms with Crippen molar-refractivity contribution in [3.05, 3.63) is 51.6 Å². The number of rotatable bonds is 6. The van der Waals surface area contributed by atoms with E-state index >= 15 is 0 Å². The third-order valence-corrected chi connectivity index (χ3v) is 3.11. The Hall–Kier alpha value is -2.35. The van der Waals surface area contributed by atoms with E-state index in [0.29, 0.717) is 5.69 Å². The minimum Gasteiger partial charge on any atom is -0.323 e. The molecule has 0 saturated heterocycles. The van der Waals surface area contributed by atoms with E-state index < -0.39 is 10.7 Å². The molecule has 0 radical (unpaired) electrons. The van der Waals surface area contributed by atoms with Crippen LogP contribution >= 0.6 is 0 Å². The highest BCUT2D eigenvalue weighted by Gasteiger charge is 2.16. The number of nitrogens with zero attached hydrogens (tertiary/aromatic N) is 4. The predicted molar refractivity (Wildman–Crippen MR) is 74.0 cm³/mol. The van der Waals surface area contributed by atoms with Crippen LogP contribution in [0.3, 0.4) is 0 Å². The summed E-state index contributed by atoms with van der Waals surface area (Å²) in [5, 5.41) is 18.8. The third-order valence-electron chi connectivity index (χ3n) is 3.11. The van der Waals surface area contributed by atoms with Crippen LogP contribution in [-0.2, 0) is 6.54 Å². The number of nitro groups is 1. The van der Waals surface area contributed by atoms with Crippen LogP contribution in [0.4, 0.5) is 10.1 Å². The van der Waals surface area contributed by atoms with Crippen LogP contribution < -0.4 is 5.73 Å². The average molecular weight is 293 g/mol. The quantitative estimate of drug-likeness (QED) is 0.650. The lowest BCUT2D eigenvalue weighted by atomic mass is 10.1. The molecule has 1 atom stereocenters. The Morgan fingerprint density at radius 2 is 2.29 bits per heavy atom. The van der Waals surface area contributed by atoms with Crippen LogP contribution in [0.5, 0.6) is 0 Å². The lowest BCUT2D eigenvalue weighted by molar-refractivity contribution is -0.385. The summed E-state index contributed by atoms with van der Waals surface area (Å²) in [4.78, 5) is 10.4. The molecule has 112 valence electrons. The van der Waals surface area contributed by atoms with Crippen LogP contribution in [0, 0.1) is 15.9 Å². The van der Waals surface area contributed by atoms with Gasteiger partial charge in [0.2, 0.25) is 0 Å². The molecule has 2 N–H and O–H groups in total. The summed E-state index contributed by atoms with van der Waals surface area (Å²) in [7, 11) is 0. The van der Waals surface area contributed by atoms with Crippen LogP contribution in [-0.4, -0.2) is 19.9 Å². The van der Waals surface area contributed by atoms with Gasteiger partial charge in [-0.25, -0.2) is 9.07 Å². The van der Waals surface area contributed by atoms with Gasteiger partial charge in [-0.05, 0) is 18.6 Å². The number of hydrogen-bond donors (Lipinski definition) is 1. The highest BCUT2D eigenvalue weighted by Crippen LogP contribution is 2.21. The molecule has 0 aliphatic heterocycles. The second-order valence-electron chi connectivity index (χ2n) is 4.77. The minimum absolute atomic E-state index is 0.0694. The highest BCUT2D eigenvalue weighted by atomic mass is 19.1. The second kappa shape index (κ2) is 6.40. The largest absolute Gasteiger partial charge is 0.323 e. The summed E-state index contributed by atoms with van der Waals surface area (Å²) < 4.78 is 14.7. The van der Waals surface area contributed by atoms with Gasteiger partial charge in [0.05, 0.1) is 35.0 Å². The Morgan fingerprint density at radius 1 is 1.52 bits per heavy atom. The first-order chi connectivity index (χ1) is 10.0. The molecule has 0 aliphatic rings. The maximum absolute atomic E-state index is 13.3. The molecule has 0 aliphatic carbocycles. The smallest absolute Gasteiger partial charge is 0.274 e. The normalized spacial score (nSPS) is 12.3. The van der Waals surface area contributed by atoms with Crippen LogP contribution in [0.15, 0.2) is 24.4 Å². The van der Waals surface area contributed by atoms with E-state index in [-0.39, 0.29) is 23.8 Å². The van der Waals surface area contributed by atoms with Gasteiger partial charge in [0.1, 0.15) is 5.82 Å². The zero-order valence-corrected chi connectivity index (χ0v) is 11.6. The molecule has 0 amide bonds. The molecular weight excluding hydrogens is 277 g/mol. The van der Waals surface area contributed by atoms with E-state index in [1.807, 2.05) is 6.92 Å². The minimum atomic E-state index is -0.546. The number of hydrogen-bond acceptors (Lipinski definition) is 5. The maximum atomic E-state index is 13.3. The summed E-state index contributed by atoms with van der Waals surface area (Å²) in [6.07, 6.45) is 3.33. The van der Waals surface area contributed by atoms with Crippen LogP contribution in [0.25, 0.3) is 0 Å². The van der Waals surface area contributed by atoms with Gasteiger partial charge in [-0.2, -0.15) is 0 Å².